The molecule has 1 saturated carbocycles. The summed E-state index contributed by atoms with van der Waals surface area (Å²) in [6.45, 7) is 3.15. The first kappa shape index (κ1) is 15.4. The quantitative estimate of drug-likeness (QED) is 0.648. The van der Waals surface area contributed by atoms with Crippen molar-refractivity contribution in [1.82, 2.24) is 10.2 Å². The molecule has 0 aromatic heterocycles. The second kappa shape index (κ2) is 8.48. The lowest BCUT2D eigenvalue weighted by atomic mass is 10.2. The van der Waals surface area contributed by atoms with E-state index >= 15 is 0 Å². The summed E-state index contributed by atoms with van der Waals surface area (Å²) >= 11 is 0. The van der Waals surface area contributed by atoms with Gasteiger partial charge in [0.25, 0.3) is 0 Å². The van der Waals surface area contributed by atoms with Crippen LogP contribution in [0.2, 0.25) is 0 Å². The molecule has 4 heteroatoms. The molecule has 0 saturated heterocycles. The standard InChI is InChI=1S/C14H28N2O2/c1-12(16(2)10-6-3-7-11-17)14(18)15-13-8-4-5-9-13/h12-13,17H,3-11H2,1-2H3,(H,15,18). The molecule has 106 valence electrons. The fourth-order valence-corrected chi connectivity index (χ4v) is 2.44. The molecule has 0 bridgehead atoms. The van der Waals surface area contributed by atoms with Gasteiger partial charge in [-0.1, -0.05) is 12.8 Å². The Kier molecular flexibility index (Phi) is 7.28. The number of hydrogen-bond donors (Lipinski definition) is 2. The van der Waals surface area contributed by atoms with Crippen LogP contribution in [0.3, 0.4) is 0 Å². The molecule has 1 atom stereocenters. The highest BCUT2D eigenvalue weighted by Gasteiger charge is 2.22. The van der Waals surface area contributed by atoms with Crippen LogP contribution in [0.1, 0.15) is 51.9 Å². The Morgan fingerprint density at radius 3 is 2.61 bits per heavy atom. The molecule has 1 rings (SSSR count). The van der Waals surface area contributed by atoms with Crippen LogP contribution in [-0.4, -0.2) is 48.2 Å². The minimum absolute atomic E-state index is 0.0558. The number of likely N-dealkylation sites (N-methyl/N-ethyl adjacent to an activating group) is 1. The lowest BCUT2D eigenvalue weighted by Gasteiger charge is -2.25. The zero-order chi connectivity index (χ0) is 13.4. The van der Waals surface area contributed by atoms with Gasteiger partial charge in [-0.25, -0.2) is 0 Å². The summed E-state index contributed by atoms with van der Waals surface area (Å²) in [4.78, 5) is 14.1. The maximum Gasteiger partial charge on any atom is 0.237 e. The molecule has 0 aromatic carbocycles. The number of rotatable bonds is 8. The van der Waals surface area contributed by atoms with Crippen molar-refractivity contribution in [2.24, 2.45) is 0 Å². The minimum atomic E-state index is -0.0558. The largest absolute Gasteiger partial charge is 0.396 e. The van der Waals surface area contributed by atoms with Crippen LogP contribution in [0, 0.1) is 0 Å². The molecule has 0 radical (unpaired) electrons. The maximum atomic E-state index is 12.0. The van der Waals surface area contributed by atoms with Gasteiger partial charge in [-0.15, -0.1) is 0 Å². The molecule has 1 aliphatic rings. The average Bonchev–Trinajstić information content (AvgIpc) is 2.86. The third-order valence-corrected chi connectivity index (χ3v) is 3.91. The van der Waals surface area contributed by atoms with E-state index in [1.807, 2.05) is 14.0 Å². The number of unbranched alkanes of at least 4 members (excludes halogenated alkanes) is 2. The van der Waals surface area contributed by atoms with E-state index in [2.05, 4.69) is 10.2 Å². The second-order valence-corrected chi connectivity index (χ2v) is 5.43. The number of carbonyl (C=O) groups is 1. The summed E-state index contributed by atoms with van der Waals surface area (Å²) < 4.78 is 0. The Morgan fingerprint density at radius 2 is 2.00 bits per heavy atom. The molecule has 2 N–H and O–H groups in total. The topological polar surface area (TPSA) is 52.6 Å². The van der Waals surface area contributed by atoms with Crippen molar-refractivity contribution >= 4 is 5.91 Å². The van der Waals surface area contributed by atoms with Crippen LogP contribution in [0.15, 0.2) is 0 Å². The number of aliphatic hydroxyl groups excluding tert-OH is 1. The molecular formula is C14H28N2O2. The van der Waals surface area contributed by atoms with Gasteiger partial charge in [0, 0.05) is 12.6 Å². The van der Waals surface area contributed by atoms with Crippen LogP contribution >= 0.6 is 0 Å². The average molecular weight is 256 g/mol. The van der Waals surface area contributed by atoms with Crippen molar-refractivity contribution in [2.75, 3.05) is 20.2 Å². The molecule has 1 amide bonds. The summed E-state index contributed by atoms with van der Waals surface area (Å²) in [6, 6.07) is 0.350. The SMILES string of the molecule is CC(C(=O)NC1CCCC1)N(C)CCCCCO. The summed E-state index contributed by atoms with van der Waals surface area (Å²) in [5.74, 6) is 0.159. The van der Waals surface area contributed by atoms with Crippen molar-refractivity contribution in [3.63, 3.8) is 0 Å². The first-order valence-electron chi connectivity index (χ1n) is 7.26. The van der Waals surface area contributed by atoms with Gasteiger partial charge in [0.2, 0.25) is 5.91 Å². The van der Waals surface area contributed by atoms with Gasteiger partial charge in [-0.2, -0.15) is 0 Å². The molecule has 0 aliphatic heterocycles. The van der Waals surface area contributed by atoms with Gasteiger partial charge in [0.1, 0.15) is 0 Å². The van der Waals surface area contributed by atoms with Gasteiger partial charge in [-0.05, 0) is 52.6 Å². The summed E-state index contributed by atoms with van der Waals surface area (Å²) in [5.41, 5.74) is 0. The van der Waals surface area contributed by atoms with Crippen molar-refractivity contribution in [1.29, 1.82) is 0 Å². The number of amides is 1. The molecule has 0 spiro atoms. The Balaban J connectivity index is 2.19. The number of aliphatic hydroxyl groups is 1. The number of hydrogen-bond acceptors (Lipinski definition) is 3. The van der Waals surface area contributed by atoms with Crippen LogP contribution in [0.5, 0.6) is 0 Å². The molecule has 1 unspecified atom stereocenters. The van der Waals surface area contributed by atoms with Gasteiger partial charge in [0.15, 0.2) is 0 Å². The predicted molar refractivity (Wildman–Crippen MR) is 73.4 cm³/mol. The normalized spacial score (nSPS) is 18.2. The highest BCUT2D eigenvalue weighted by Crippen LogP contribution is 2.17. The monoisotopic (exact) mass is 256 g/mol. The van der Waals surface area contributed by atoms with E-state index in [4.69, 9.17) is 5.11 Å². The van der Waals surface area contributed by atoms with E-state index in [0.717, 1.165) is 38.6 Å². The molecule has 4 nitrogen and oxygen atoms in total. The van der Waals surface area contributed by atoms with Gasteiger partial charge >= 0.3 is 0 Å². The van der Waals surface area contributed by atoms with Crippen molar-refractivity contribution in [2.45, 2.75) is 64.0 Å². The summed E-state index contributed by atoms with van der Waals surface area (Å²) in [7, 11) is 2.00. The van der Waals surface area contributed by atoms with Crippen LogP contribution in [0.25, 0.3) is 0 Å². The summed E-state index contributed by atoms with van der Waals surface area (Å²) in [6.07, 6.45) is 7.69. The van der Waals surface area contributed by atoms with E-state index in [1.54, 1.807) is 0 Å². The number of nitrogens with one attached hydrogen (secondary N) is 1. The number of nitrogens with zero attached hydrogens (tertiary/aromatic N) is 1. The number of carbonyl (C=O) groups excluding carboxylic acids is 1. The Bertz CT molecular complexity index is 240. The Hall–Kier alpha value is -0.610. The third-order valence-electron chi connectivity index (χ3n) is 3.91. The zero-order valence-electron chi connectivity index (χ0n) is 11.8. The molecule has 0 aromatic rings. The Labute approximate surface area is 111 Å². The van der Waals surface area contributed by atoms with E-state index in [0.29, 0.717) is 6.04 Å². The zero-order valence-corrected chi connectivity index (χ0v) is 11.8. The van der Waals surface area contributed by atoms with Crippen molar-refractivity contribution in [3.8, 4) is 0 Å². The van der Waals surface area contributed by atoms with E-state index in [9.17, 15) is 4.79 Å². The van der Waals surface area contributed by atoms with Gasteiger partial charge in [0.05, 0.1) is 6.04 Å². The lowest BCUT2D eigenvalue weighted by molar-refractivity contribution is -0.126. The van der Waals surface area contributed by atoms with Crippen molar-refractivity contribution in [3.05, 3.63) is 0 Å². The first-order chi connectivity index (χ1) is 8.65. The van der Waals surface area contributed by atoms with Gasteiger partial charge < -0.3 is 10.4 Å². The lowest BCUT2D eigenvalue weighted by Crippen LogP contribution is -2.46. The highest BCUT2D eigenvalue weighted by molar-refractivity contribution is 5.81. The molecule has 1 fully saturated rings. The highest BCUT2D eigenvalue weighted by atomic mass is 16.2. The van der Waals surface area contributed by atoms with Gasteiger partial charge in [-0.3, -0.25) is 9.69 Å². The summed E-state index contributed by atoms with van der Waals surface area (Å²) in [5, 5.41) is 11.9. The first-order valence-corrected chi connectivity index (χ1v) is 7.26. The molecule has 0 heterocycles. The third kappa shape index (κ3) is 5.36. The minimum Gasteiger partial charge on any atom is -0.396 e. The van der Waals surface area contributed by atoms with E-state index in [1.165, 1.54) is 12.8 Å². The fourth-order valence-electron chi connectivity index (χ4n) is 2.44. The van der Waals surface area contributed by atoms with E-state index < -0.39 is 0 Å². The van der Waals surface area contributed by atoms with Crippen LogP contribution < -0.4 is 5.32 Å². The Morgan fingerprint density at radius 1 is 1.33 bits per heavy atom. The van der Waals surface area contributed by atoms with E-state index in [-0.39, 0.29) is 18.6 Å². The fraction of sp³-hybridized carbons (Fsp3) is 0.929. The van der Waals surface area contributed by atoms with Crippen molar-refractivity contribution < 1.29 is 9.90 Å². The maximum absolute atomic E-state index is 12.0. The second-order valence-electron chi connectivity index (χ2n) is 5.43. The molecular weight excluding hydrogens is 228 g/mol. The molecule has 18 heavy (non-hydrogen) atoms. The van der Waals surface area contributed by atoms with Crippen LogP contribution in [-0.2, 0) is 4.79 Å². The predicted octanol–water partition coefficient (Wildman–Crippen LogP) is 1.53. The van der Waals surface area contributed by atoms with Crippen LogP contribution in [0.4, 0.5) is 0 Å². The smallest absolute Gasteiger partial charge is 0.237 e. The molecule has 1 aliphatic carbocycles.